The molecule has 0 heterocycles. The molecule has 0 bridgehead atoms. The van der Waals surface area contributed by atoms with Gasteiger partial charge in [0.2, 0.25) is 0 Å². The molecule has 0 saturated heterocycles. The number of Topliss-reactive ketones (excluding diaryl/α,β-unsaturated/α-hetero) is 1. The molecule has 1 aromatic rings. The SMILES string of the molecule is CN(CC(=O)c1ccccc1Cl)C1CCCCCC1. The van der Waals surface area contributed by atoms with Gasteiger partial charge < -0.3 is 0 Å². The van der Waals surface area contributed by atoms with E-state index in [4.69, 9.17) is 11.6 Å². The highest BCUT2D eigenvalue weighted by Crippen LogP contribution is 2.22. The van der Waals surface area contributed by atoms with Crippen molar-refractivity contribution in [3.05, 3.63) is 34.9 Å². The maximum Gasteiger partial charge on any atom is 0.178 e. The molecule has 3 heteroatoms. The first-order chi connectivity index (χ1) is 9.18. The van der Waals surface area contributed by atoms with Gasteiger partial charge in [-0.25, -0.2) is 0 Å². The van der Waals surface area contributed by atoms with Gasteiger partial charge in [0.25, 0.3) is 0 Å². The maximum atomic E-state index is 12.3. The first kappa shape index (κ1) is 14.5. The Labute approximate surface area is 120 Å². The van der Waals surface area contributed by atoms with E-state index in [1.165, 1.54) is 38.5 Å². The Hall–Kier alpha value is -0.860. The van der Waals surface area contributed by atoms with E-state index >= 15 is 0 Å². The molecule has 1 saturated carbocycles. The van der Waals surface area contributed by atoms with Crippen LogP contribution in [-0.2, 0) is 0 Å². The van der Waals surface area contributed by atoms with Crippen molar-refractivity contribution in [2.45, 2.75) is 44.6 Å². The predicted molar refractivity (Wildman–Crippen MR) is 79.9 cm³/mol. The number of benzene rings is 1. The van der Waals surface area contributed by atoms with E-state index in [0.717, 1.165) is 0 Å². The molecule has 0 N–H and O–H groups in total. The molecule has 0 aromatic heterocycles. The second kappa shape index (κ2) is 7.06. The zero-order chi connectivity index (χ0) is 13.7. The van der Waals surface area contributed by atoms with Gasteiger partial charge in [0.15, 0.2) is 5.78 Å². The molecule has 0 atom stereocenters. The molecular weight excluding hydrogens is 258 g/mol. The molecule has 1 aliphatic carbocycles. The molecule has 2 rings (SSSR count). The summed E-state index contributed by atoms with van der Waals surface area (Å²) in [4.78, 5) is 14.5. The van der Waals surface area contributed by atoms with Crippen LogP contribution >= 0.6 is 11.6 Å². The molecule has 0 radical (unpaired) electrons. The highest BCUT2D eigenvalue weighted by atomic mass is 35.5. The van der Waals surface area contributed by atoms with E-state index in [9.17, 15) is 4.79 Å². The summed E-state index contributed by atoms with van der Waals surface area (Å²) in [7, 11) is 2.06. The van der Waals surface area contributed by atoms with Gasteiger partial charge in [0, 0.05) is 11.6 Å². The lowest BCUT2D eigenvalue weighted by Crippen LogP contribution is -2.35. The van der Waals surface area contributed by atoms with Crippen LogP contribution in [0.2, 0.25) is 5.02 Å². The van der Waals surface area contributed by atoms with Gasteiger partial charge in [-0.3, -0.25) is 9.69 Å². The van der Waals surface area contributed by atoms with Gasteiger partial charge in [-0.2, -0.15) is 0 Å². The molecule has 0 aliphatic heterocycles. The van der Waals surface area contributed by atoms with Crippen LogP contribution in [0.25, 0.3) is 0 Å². The van der Waals surface area contributed by atoms with Crippen molar-refractivity contribution < 1.29 is 4.79 Å². The van der Waals surface area contributed by atoms with Crippen molar-refractivity contribution in [1.29, 1.82) is 0 Å². The number of halogens is 1. The third-order valence-electron chi connectivity index (χ3n) is 4.02. The third kappa shape index (κ3) is 4.05. The summed E-state index contributed by atoms with van der Waals surface area (Å²) in [5.74, 6) is 0.123. The number of hydrogen-bond acceptors (Lipinski definition) is 2. The molecule has 0 spiro atoms. The molecule has 0 unspecified atom stereocenters. The average molecular weight is 280 g/mol. The lowest BCUT2D eigenvalue weighted by Gasteiger charge is -2.26. The fourth-order valence-corrected chi connectivity index (χ4v) is 3.07. The Morgan fingerprint density at radius 3 is 2.47 bits per heavy atom. The molecule has 1 aromatic carbocycles. The van der Waals surface area contributed by atoms with Gasteiger partial charge in [-0.1, -0.05) is 49.4 Å². The average Bonchev–Trinajstić information content (AvgIpc) is 2.68. The minimum absolute atomic E-state index is 0.123. The van der Waals surface area contributed by atoms with Crippen molar-refractivity contribution in [3.8, 4) is 0 Å². The maximum absolute atomic E-state index is 12.3. The largest absolute Gasteiger partial charge is 0.296 e. The Morgan fingerprint density at radius 2 is 1.84 bits per heavy atom. The van der Waals surface area contributed by atoms with E-state index in [1.807, 2.05) is 18.2 Å². The van der Waals surface area contributed by atoms with Gasteiger partial charge in [0.05, 0.1) is 11.6 Å². The van der Waals surface area contributed by atoms with Crippen LogP contribution in [0.15, 0.2) is 24.3 Å². The van der Waals surface area contributed by atoms with Gasteiger partial charge in [-0.15, -0.1) is 0 Å². The predicted octanol–water partition coefficient (Wildman–Crippen LogP) is 4.18. The standard InChI is InChI=1S/C16H22ClNO/c1-18(13-8-4-2-3-5-9-13)12-16(19)14-10-6-7-11-15(14)17/h6-7,10-11,13H,2-5,8-9,12H2,1H3. The number of nitrogens with zero attached hydrogens (tertiary/aromatic N) is 1. The number of ketones is 1. The van der Waals surface area contributed by atoms with E-state index < -0.39 is 0 Å². The summed E-state index contributed by atoms with van der Waals surface area (Å²) < 4.78 is 0. The summed E-state index contributed by atoms with van der Waals surface area (Å²) in [5, 5.41) is 0.557. The monoisotopic (exact) mass is 279 g/mol. The van der Waals surface area contributed by atoms with Crippen LogP contribution in [0.3, 0.4) is 0 Å². The molecule has 1 aliphatic rings. The Balaban J connectivity index is 1.96. The van der Waals surface area contributed by atoms with Gasteiger partial charge in [-0.05, 0) is 32.0 Å². The Morgan fingerprint density at radius 1 is 1.21 bits per heavy atom. The molecule has 104 valence electrons. The van der Waals surface area contributed by atoms with E-state index in [-0.39, 0.29) is 5.78 Å². The molecule has 1 fully saturated rings. The fraction of sp³-hybridized carbons (Fsp3) is 0.562. The van der Waals surface area contributed by atoms with E-state index in [1.54, 1.807) is 6.07 Å². The zero-order valence-electron chi connectivity index (χ0n) is 11.6. The van der Waals surface area contributed by atoms with Crippen LogP contribution in [0.4, 0.5) is 0 Å². The molecule has 2 nitrogen and oxygen atoms in total. The third-order valence-corrected chi connectivity index (χ3v) is 4.34. The van der Waals surface area contributed by atoms with Crippen LogP contribution in [0, 0.1) is 0 Å². The molecular formula is C16H22ClNO. The number of carbonyl (C=O) groups excluding carboxylic acids is 1. The zero-order valence-corrected chi connectivity index (χ0v) is 12.3. The molecule has 0 amide bonds. The smallest absolute Gasteiger partial charge is 0.178 e. The topological polar surface area (TPSA) is 20.3 Å². The first-order valence-electron chi connectivity index (χ1n) is 7.16. The second-order valence-electron chi connectivity index (χ2n) is 5.46. The summed E-state index contributed by atoms with van der Waals surface area (Å²) in [6.45, 7) is 0.467. The van der Waals surface area contributed by atoms with E-state index in [0.29, 0.717) is 23.2 Å². The van der Waals surface area contributed by atoms with E-state index in [2.05, 4.69) is 11.9 Å². The van der Waals surface area contributed by atoms with Crippen molar-refractivity contribution >= 4 is 17.4 Å². The lowest BCUT2D eigenvalue weighted by atomic mass is 10.1. The van der Waals surface area contributed by atoms with Crippen molar-refractivity contribution in [1.82, 2.24) is 4.90 Å². The summed E-state index contributed by atoms with van der Waals surface area (Å²) in [6.07, 6.45) is 7.68. The first-order valence-corrected chi connectivity index (χ1v) is 7.54. The van der Waals surface area contributed by atoms with Crippen molar-refractivity contribution in [2.24, 2.45) is 0 Å². The highest BCUT2D eigenvalue weighted by Gasteiger charge is 2.20. The number of carbonyl (C=O) groups is 1. The summed E-state index contributed by atoms with van der Waals surface area (Å²) >= 11 is 6.08. The van der Waals surface area contributed by atoms with Crippen molar-refractivity contribution in [3.63, 3.8) is 0 Å². The van der Waals surface area contributed by atoms with Crippen LogP contribution in [0.1, 0.15) is 48.9 Å². The van der Waals surface area contributed by atoms with Gasteiger partial charge in [0.1, 0.15) is 0 Å². The van der Waals surface area contributed by atoms with Gasteiger partial charge >= 0.3 is 0 Å². The summed E-state index contributed by atoms with van der Waals surface area (Å²) in [5.41, 5.74) is 0.643. The van der Waals surface area contributed by atoms with Crippen LogP contribution in [0.5, 0.6) is 0 Å². The fourth-order valence-electron chi connectivity index (χ4n) is 2.83. The normalized spacial score (nSPS) is 17.4. The van der Waals surface area contributed by atoms with Crippen molar-refractivity contribution in [2.75, 3.05) is 13.6 Å². The quantitative estimate of drug-likeness (QED) is 0.609. The Bertz CT molecular complexity index is 425. The minimum Gasteiger partial charge on any atom is -0.296 e. The van der Waals surface area contributed by atoms with Crippen LogP contribution < -0.4 is 0 Å². The van der Waals surface area contributed by atoms with Crippen LogP contribution in [-0.4, -0.2) is 30.3 Å². The number of likely N-dealkylation sites (N-methyl/N-ethyl adjacent to an activating group) is 1. The summed E-state index contributed by atoms with van der Waals surface area (Å²) in [6, 6.07) is 7.86. The molecule has 19 heavy (non-hydrogen) atoms. The second-order valence-corrected chi connectivity index (χ2v) is 5.87. The number of hydrogen-bond donors (Lipinski definition) is 0. The Kier molecular flexibility index (Phi) is 5.41. The lowest BCUT2D eigenvalue weighted by molar-refractivity contribution is 0.0912. The number of rotatable bonds is 4. The highest BCUT2D eigenvalue weighted by molar-refractivity contribution is 6.34. The minimum atomic E-state index is 0.123.